The minimum atomic E-state index is -0.804. The number of carbonyl (C=O) groups is 3. The Labute approximate surface area is 184 Å². The lowest BCUT2D eigenvalue weighted by Gasteiger charge is -2.20. The van der Waals surface area contributed by atoms with Crippen molar-refractivity contribution in [1.82, 2.24) is 10.6 Å². The minimum absolute atomic E-state index is 0.109. The van der Waals surface area contributed by atoms with Crippen LogP contribution in [0, 0.1) is 0 Å². The molecule has 30 heavy (non-hydrogen) atoms. The van der Waals surface area contributed by atoms with E-state index < -0.39 is 24.1 Å². The number of hydrogen-bond acceptors (Lipinski definition) is 4. The molecule has 0 spiro atoms. The molecule has 2 unspecified atom stereocenters. The third-order valence-electron chi connectivity index (χ3n) is 4.36. The molecule has 0 saturated carbocycles. The molecular formula is C22H26BrN3O4. The highest BCUT2D eigenvalue weighted by atomic mass is 79.9. The molecule has 2 aromatic carbocycles. The molecule has 0 heterocycles. The number of halogens is 1. The summed E-state index contributed by atoms with van der Waals surface area (Å²) in [6, 6.07) is 15.0. The van der Waals surface area contributed by atoms with Gasteiger partial charge < -0.3 is 20.7 Å². The number of nitrogens with one attached hydrogen (secondary N) is 3. The molecule has 3 amide bonds. The molecule has 7 nitrogen and oxygen atoms in total. The Kier molecular flexibility index (Phi) is 9.34. The Hall–Kier alpha value is -2.87. The fraction of sp³-hybridized carbons (Fsp3) is 0.318. The van der Waals surface area contributed by atoms with Gasteiger partial charge in [-0.25, -0.2) is 4.79 Å². The number of carbonyl (C=O) groups excluding carboxylic acids is 3. The lowest BCUT2D eigenvalue weighted by Crippen LogP contribution is -2.51. The van der Waals surface area contributed by atoms with Gasteiger partial charge in [0.05, 0.1) is 0 Å². The summed E-state index contributed by atoms with van der Waals surface area (Å²) in [5.41, 5.74) is 2.57. The van der Waals surface area contributed by atoms with E-state index in [4.69, 9.17) is 4.74 Å². The van der Waals surface area contributed by atoms with Crippen LogP contribution in [0.2, 0.25) is 0 Å². The van der Waals surface area contributed by atoms with Crippen molar-refractivity contribution < 1.29 is 19.1 Å². The Morgan fingerprint density at radius 3 is 2.20 bits per heavy atom. The maximum atomic E-state index is 12.5. The molecule has 2 atom stereocenters. The number of hydrogen-bond donors (Lipinski definition) is 3. The second-order valence-corrected chi connectivity index (χ2v) is 7.28. The topological polar surface area (TPSA) is 96.5 Å². The first-order valence-electron chi connectivity index (χ1n) is 9.66. The summed E-state index contributed by atoms with van der Waals surface area (Å²) in [5.74, 6) is -0.803. The fourth-order valence-electron chi connectivity index (χ4n) is 2.57. The van der Waals surface area contributed by atoms with Crippen molar-refractivity contribution in [2.75, 3.05) is 5.32 Å². The Balaban J connectivity index is 1.82. The summed E-state index contributed by atoms with van der Waals surface area (Å²) in [5, 5.41) is 8.64. The Bertz CT molecular complexity index is 843. The van der Waals surface area contributed by atoms with Crippen molar-refractivity contribution in [2.24, 2.45) is 0 Å². The highest BCUT2D eigenvalue weighted by molar-refractivity contribution is 9.08. The number of benzene rings is 2. The van der Waals surface area contributed by atoms with Gasteiger partial charge in [0.15, 0.2) is 0 Å². The molecule has 0 aromatic heterocycles. The summed E-state index contributed by atoms with van der Waals surface area (Å²) in [6.07, 6.45) is -0.334. The molecule has 160 valence electrons. The van der Waals surface area contributed by atoms with Gasteiger partial charge in [-0.05, 0) is 36.6 Å². The van der Waals surface area contributed by atoms with E-state index in [1.807, 2.05) is 42.5 Å². The van der Waals surface area contributed by atoms with Crippen molar-refractivity contribution in [3.63, 3.8) is 0 Å². The van der Waals surface area contributed by atoms with Crippen LogP contribution in [-0.4, -0.2) is 30.0 Å². The molecule has 2 aromatic rings. The van der Waals surface area contributed by atoms with E-state index >= 15 is 0 Å². The van der Waals surface area contributed by atoms with Gasteiger partial charge in [-0.3, -0.25) is 9.59 Å². The average molecular weight is 476 g/mol. The van der Waals surface area contributed by atoms with Crippen molar-refractivity contribution in [3.8, 4) is 0 Å². The second-order valence-electron chi connectivity index (χ2n) is 6.72. The van der Waals surface area contributed by atoms with E-state index in [-0.39, 0.29) is 12.5 Å². The van der Waals surface area contributed by atoms with Gasteiger partial charge in [0, 0.05) is 11.0 Å². The first-order valence-corrected chi connectivity index (χ1v) is 10.8. The lowest BCUT2D eigenvalue weighted by molar-refractivity contribution is -0.127. The van der Waals surface area contributed by atoms with Crippen LogP contribution < -0.4 is 16.0 Å². The van der Waals surface area contributed by atoms with Gasteiger partial charge in [-0.2, -0.15) is 0 Å². The monoisotopic (exact) mass is 475 g/mol. The number of alkyl halides is 1. The number of rotatable bonds is 9. The number of alkyl carbamates (subject to hydrolysis) is 1. The van der Waals surface area contributed by atoms with Gasteiger partial charge in [0.2, 0.25) is 11.8 Å². The average Bonchev–Trinajstić information content (AvgIpc) is 2.77. The molecule has 0 radical (unpaired) electrons. The number of ether oxygens (including phenoxy) is 1. The lowest BCUT2D eigenvalue weighted by atomic mass is 10.2. The van der Waals surface area contributed by atoms with E-state index in [9.17, 15) is 14.4 Å². The van der Waals surface area contributed by atoms with Gasteiger partial charge >= 0.3 is 6.09 Å². The number of anilines is 1. The standard InChI is InChI=1S/C22H26BrN3O4/c1-3-19(26-22(29)30-14-17-7-5-4-6-8-17)21(28)24-15(2)20(27)25-18-11-9-16(13-23)10-12-18/h4-12,15,19H,3,13-14H2,1-2H3,(H,24,28)(H,25,27)(H,26,29). The maximum Gasteiger partial charge on any atom is 0.408 e. The van der Waals surface area contributed by atoms with Crippen LogP contribution in [0.1, 0.15) is 31.4 Å². The van der Waals surface area contributed by atoms with Crippen LogP contribution in [0.4, 0.5) is 10.5 Å². The van der Waals surface area contributed by atoms with Gasteiger partial charge in [-0.1, -0.05) is 65.3 Å². The predicted octanol–water partition coefficient (Wildman–Crippen LogP) is 3.73. The molecule has 0 aliphatic rings. The van der Waals surface area contributed by atoms with E-state index in [1.54, 1.807) is 26.0 Å². The van der Waals surface area contributed by atoms with Crippen molar-refractivity contribution in [3.05, 3.63) is 65.7 Å². The normalized spacial score (nSPS) is 12.4. The Morgan fingerprint density at radius 1 is 0.933 bits per heavy atom. The van der Waals surface area contributed by atoms with E-state index in [1.165, 1.54) is 0 Å². The predicted molar refractivity (Wildman–Crippen MR) is 119 cm³/mol. The fourth-order valence-corrected chi connectivity index (χ4v) is 2.94. The quantitative estimate of drug-likeness (QED) is 0.481. The van der Waals surface area contributed by atoms with Crippen LogP contribution in [0.5, 0.6) is 0 Å². The molecule has 0 saturated heterocycles. The summed E-state index contributed by atoms with van der Waals surface area (Å²) < 4.78 is 5.15. The zero-order chi connectivity index (χ0) is 21.9. The summed E-state index contributed by atoms with van der Waals surface area (Å²) in [4.78, 5) is 36.8. The molecular weight excluding hydrogens is 450 g/mol. The van der Waals surface area contributed by atoms with Gasteiger partial charge in [0.25, 0.3) is 0 Å². The van der Waals surface area contributed by atoms with E-state index in [0.717, 1.165) is 16.5 Å². The second kappa shape index (κ2) is 12.0. The highest BCUT2D eigenvalue weighted by Gasteiger charge is 2.23. The van der Waals surface area contributed by atoms with Crippen LogP contribution in [-0.2, 0) is 26.3 Å². The molecule has 0 fully saturated rings. The smallest absolute Gasteiger partial charge is 0.408 e. The van der Waals surface area contributed by atoms with E-state index in [0.29, 0.717) is 12.1 Å². The summed E-state index contributed by atoms with van der Waals surface area (Å²) >= 11 is 3.37. The first kappa shape index (κ1) is 23.4. The molecule has 0 aliphatic heterocycles. The van der Waals surface area contributed by atoms with Crippen LogP contribution in [0.25, 0.3) is 0 Å². The molecule has 2 rings (SSSR count). The summed E-state index contributed by atoms with van der Waals surface area (Å²) in [6.45, 7) is 3.45. The Morgan fingerprint density at radius 2 is 1.60 bits per heavy atom. The van der Waals surface area contributed by atoms with E-state index in [2.05, 4.69) is 31.9 Å². The SMILES string of the molecule is CCC(NC(=O)OCc1ccccc1)C(=O)NC(C)C(=O)Nc1ccc(CBr)cc1. The first-order chi connectivity index (χ1) is 14.4. The van der Waals surface area contributed by atoms with Gasteiger partial charge in [-0.15, -0.1) is 0 Å². The van der Waals surface area contributed by atoms with Crippen molar-refractivity contribution >= 4 is 39.5 Å². The summed E-state index contributed by atoms with van der Waals surface area (Å²) in [7, 11) is 0. The minimum Gasteiger partial charge on any atom is -0.445 e. The van der Waals surface area contributed by atoms with Gasteiger partial charge in [0.1, 0.15) is 18.7 Å². The molecule has 3 N–H and O–H groups in total. The largest absolute Gasteiger partial charge is 0.445 e. The van der Waals surface area contributed by atoms with Crippen molar-refractivity contribution in [1.29, 1.82) is 0 Å². The maximum absolute atomic E-state index is 12.5. The van der Waals surface area contributed by atoms with Crippen LogP contribution in [0.3, 0.4) is 0 Å². The molecule has 8 heteroatoms. The number of amides is 3. The zero-order valence-corrected chi connectivity index (χ0v) is 18.6. The third kappa shape index (κ3) is 7.51. The molecule has 0 aliphatic carbocycles. The van der Waals surface area contributed by atoms with Crippen molar-refractivity contribution in [2.45, 2.75) is 44.3 Å². The third-order valence-corrected chi connectivity index (χ3v) is 5.00. The zero-order valence-electron chi connectivity index (χ0n) is 17.0. The van der Waals surface area contributed by atoms with Crippen LogP contribution >= 0.6 is 15.9 Å². The van der Waals surface area contributed by atoms with Crippen LogP contribution in [0.15, 0.2) is 54.6 Å². The molecule has 0 bridgehead atoms. The highest BCUT2D eigenvalue weighted by Crippen LogP contribution is 2.12.